The predicted octanol–water partition coefficient (Wildman–Crippen LogP) is 5.52. The molecule has 0 saturated heterocycles. The first kappa shape index (κ1) is 15.3. The molecule has 5 heteroatoms. The molecular weight excluding hydrogens is 251 g/mol. The average Bonchev–Trinajstić information content (AvgIpc) is 2.19. The van der Waals surface area contributed by atoms with E-state index in [1.807, 2.05) is 6.26 Å². The van der Waals surface area contributed by atoms with Gasteiger partial charge in [-0.2, -0.15) is 0 Å². The Labute approximate surface area is 101 Å². The highest BCUT2D eigenvalue weighted by molar-refractivity contribution is 9.14. The Bertz CT molecular complexity index is 161. The van der Waals surface area contributed by atoms with Crippen LogP contribution < -0.4 is 0 Å². The van der Waals surface area contributed by atoms with E-state index in [-0.39, 0.29) is 0 Å². The molecule has 0 unspecified atom stereocenters. The fraction of sp³-hybridized carbons (Fsp3) is 1.00. The lowest BCUT2D eigenvalue weighted by Gasteiger charge is -2.13. The van der Waals surface area contributed by atoms with Crippen molar-refractivity contribution in [3.05, 3.63) is 0 Å². The highest BCUT2D eigenvalue weighted by atomic mass is 33.4. The summed E-state index contributed by atoms with van der Waals surface area (Å²) in [5.74, 6) is 2.10. The van der Waals surface area contributed by atoms with Gasteiger partial charge in [0, 0.05) is 11.5 Å². The van der Waals surface area contributed by atoms with Gasteiger partial charge in [-0.3, -0.25) is 4.57 Å². The van der Waals surface area contributed by atoms with Crippen LogP contribution in [0, 0.1) is 0 Å². The van der Waals surface area contributed by atoms with Crippen molar-refractivity contribution in [1.82, 2.24) is 0 Å². The van der Waals surface area contributed by atoms with E-state index in [2.05, 4.69) is 13.8 Å². The molecule has 0 aliphatic heterocycles. The van der Waals surface area contributed by atoms with Crippen LogP contribution in [0.4, 0.5) is 0 Å². The smallest absolute Gasteiger partial charge is 0.243 e. The minimum absolute atomic E-state index is 1.05. The van der Waals surface area contributed by atoms with E-state index < -0.39 is 4.75 Å². The van der Waals surface area contributed by atoms with E-state index in [4.69, 9.17) is 0 Å². The third-order valence-electron chi connectivity index (χ3n) is 1.72. The first-order valence-corrected chi connectivity index (χ1v) is 11.8. The molecule has 0 aromatic carbocycles. The molecule has 0 radical (unpaired) electrons. The van der Waals surface area contributed by atoms with Gasteiger partial charge in [-0.15, -0.1) is 0 Å². The van der Waals surface area contributed by atoms with Crippen LogP contribution in [0.25, 0.3) is 0 Å². The summed E-state index contributed by atoms with van der Waals surface area (Å²) in [7, 11) is 0. The molecule has 0 heterocycles. The predicted molar refractivity (Wildman–Crippen MR) is 75.9 cm³/mol. The van der Waals surface area contributed by atoms with Crippen LogP contribution in [0.3, 0.4) is 0 Å². The molecule has 0 atom stereocenters. The zero-order valence-electron chi connectivity index (χ0n) is 9.32. The van der Waals surface area contributed by atoms with Crippen molar-refractivity contribution in [3.63, 3.8) is 0 Å². The normalized spacial score (nSPS) is 11.9. The van der Waals surface area contributed by atoms with Gasteiger partial charge < -0.3 is 0 Å². The third kappa shape index (κ3) is 7.56. The molecule has 0 N–H and O–H groups in total. The van der Waals surface area contributed by atoms with Gasteiger partial charge in [0.15, 0.2) is 0 Å². The van der Waals surface area contributed by atoms with Gasteiger partial charge in [-0.05, 0) is 19.1 Å². The van der Waals surface area contributed by atoms with E-state index in [0.717, 1.165) is 11.5 Å². The summed E-state index contributed by atoms with van der Waals surface area (Å²) < 4.78 is 10.2. The van der Waals surface area contributed by atoms with Crippen molar-refractivity contribution in [1.29, 1.82) is 0 Å². The molecule has 0 rings (SSSR count). The van der Waals surface area contributed by atoms with E-state index in [9.17, 15) is 4.57 Å². The molecule has 0 amide bonds. The molecule has 0 fully saturated rings. The summed E-state index contributed by atoms with van der Waals surface area (Å²) in [6, 6.07) is 0. The topological polar surface area (TPSA) is 17.1 Å². The lowest BCUT2D eigenvalue weighted by Crippen LogP contribution is -1.78. The first-order valence-electron chi connectivity index (χ1n) is 5.13. The molecule has 1 nitrogen and oxygen atoms in total. The lowest BCUT2D eigenvalue weighted by atomic mass is 10.4. The van der Waals surface area contributed by atoms with Crippen LogP contribution in [0.15, 0.2) is 0 Å². The van der Waals surface area contributed by atoms with Gasteiger partial charge >= 0.3 is 0 Å². The maximum Gasteiger partial charge on any atom is 0.243 e. The van der Waals surface area contributed by atoms with Crippen LogP contribution in [0.5, 0.6) is 0 Å². The average molecular weight is 272 g/mol. The van der Waals surface area contributed by atoms with E-state index in [0.29, 0.717) is 0 Å². The minimum atomic E-state index is -2.01. The van der Waals surface area contributed by atoms with E-state index in [1.165, 1.54) is 25.7 Å². The molecule has 0 aliphatic carbocycles. The molecule has 0 bridgehead atoms. The van der Waals surface area contributed by atoms with Gasteiger partial charge in [-0.1, -0.05) is 60.8 Å². The molecule has 0 aliphatic rings. The Morgan fingerprint density at radius 3 is 1.71 bits per heavy atom. The van der Waals surface area contributed by atoms with Gasteiger partial charge in [-0.25, -0.2) is 0 Å². The van der Waals surface area contributed by atoms with E-state index >= 15 is 0 Å². The number of hydrogen-bond acceptors (Lipinski definition) is 4. The van der Waals surface area contributed by atoms with Gasteiger partial charge in [0.1, 0.15) is 0 Å². The fourth-order valence-electron chi connectivity index (χ4n) is 0.784. The second-order valence-corrected chi connectivity index (χ2v) is 14.9. The van der Waals surface area contributed by atoms with Crippen LogP contribution in [0.1, 0.15) is 39.5 Å². The molecule has 0 spiro atoms. The Hall–Kier alpha value is 1.28. The third-order valence-corrected chi connectivity index (χ3v) is 14.6. The molecule has 0 saturated carbocycles. The van der Waals surface area contributed by atoms with Crippen molar-refractivity contribution >= 4 is 38.9 Å². The summed E-state index contributed by atoms with van der Waals surface area (Å²) >= 11 is 4.92. The maximum absolute atomic E-state index is 12.2. The van der Waals surface area contributed by atoms with Crippen LogP contribution >= 0.6 is 38.9 Å². The summed E-state index contributed by atoms with van der Waals surface area (Å²) in [6.07, 6.45) is 6.73. The Balaban J connectivity index is 3.74. The Kier molecular flexibility index (Phi) is 10.4. The first-order chi connectivity index (χ1) is 6.68. The summed E-state index contributed by atoms with van der Waals surface area (Å²) in [6.45, 7) is 4.35. The molecule has 0 aromatic rings. The zero-order valence-corrected chi connectivity index (χ0v) is 12.7. The van der Waals surface area contributed by atoms with Crippen molar-refractivity contribution in [2.24, 2.45) is 0 Å². The summed E-state index contributed by atoms with van der Waals surface area (Å²) in [5, 5.41) is 0. The lowest BCUT2D eigenvalue weighted by molar-refractivity contribution is 0.601. The highest BCUT2D eigenvalue weighted by Gasteiger charge is 2.21. The maximum atomic E-state index is 12.2. The monoisotopic (exact) mass is 272 g/mol. The molecule has 0 aromatic heterocycles. The van der Waals surface area contributed by atoms with Crippen molar-refractivity contribution in [2.45, 2.75) is 39.5 Å². The zero-order chi connectivity index (χ0) is 10.9. The van der Waals surface area contributed by atoms with Crippen molar-refractivity contribution in [2.75, 3.05) is 17.8 Å². The SMILES string of the molecule is CCCCSP(=O)(SC)SCCCC. The molecular formula is C9H21OPS3. The Morgan fingerprint density at radius 1 is 1.00 bits per heavy atom. The second-order valence-electron chi connectivity index (χ2n) is 3.00. The largest absolute Gasteiger partial charge is 0.289 e. The molecule has 14 heavy (non-hydrogen) atoms. The fourth-order valence-corrected chi connectivity index (χ4v) is 10.6. The van der Waals surface area contributed by atoms with Crippen molar-refractivity contribution in [3.8, 4) is 0 Å². The number of rotatable bonds is 9. The number of unbranched alkanes of at least 4 members (excludes halogenated alkanes) is 2. The molecule has 86 valence electrons. The van der Waals surface area contributed by atoms with E-state index in [1.54, 1.807) is 34.1 Å². The second kappa shape index (κ2) is 9.50. The van der Waals surface area contributed by atoms with Gasteiger partial charge in [0.2, 0.25) is 4.75 Å². The van der Waals surface area contributed by atoms with Gasteiger partial charge in [0.25, 0.3) is 0 Å². The number of hydrogen-bond donors (Lipinski definition) is 0. The minimum Gasteiger partial charge on any atom is -0.289 e. The summed E-state index contributed by atoms with van der Waals surface area (Å²) in [5.41, 5.74) is 0. The quantitative estimate of drug-likeness (QED) is 0.405. The van der Waals surface area contributed by atoms with Crippen LogP contribution in [-0.2, 0) is 4.57 Å². The highest BCUT2D eigenvalue weighted by Crippen LogP contribution is 2.77. The standard InChI is InChI=1S/C9H21OPS3/c1-4-6-8-13-11(10,12-3)14-9-7-5-2/h4-9H2,1-3H3. The van der Waals surface area contributed by atoms with Crippen molar-refractivity contribution < 1.29 is 4.57 Å². The van der Waals surface area contributed by atoms with Crippen LogP contribution in [0.2, 0.25) is 0 Å². The summed E-state index contributed by atoms with van der Waals surface area (Å²) in [4.78, 5) is 0. The Morgan fingerprint density at radius 2 is 1.43 bits per heavy atom. The van der Waals surface area contributed by atoms with Crippen LogP contribution in [-0.4, -0.2) is 17.8 Å². The van der Waals surface area contributed by atoms with Gasteiger partial charge in [0.05, 0.1) is 0 Å².